The molecule has 0 atom stereocenters. The first-order chi connectivity index (χ1) is 12.6. The second kappa shape index (κ2) is 5.62. The van der Waals surface area contributed by atoms with E-state index < -0.39 is 0 Å². The molecule has 0 fully saturated rings. The van der Waals surface area contributed by atoms with E-state index in [2.05, 4.69) is 25.9 Å². The lowest BCUT2D eigenvalue weighted by Gasteiger charge is -2.04. The van der Waals surface area contributed by atoms with Crippen LogP contribution in [0.4, 0.5) is 0 Å². The zero-order valence-electron chi connectivity index (χ0n) is 13.2. The molecule has 0 aliphatic carbocycles. The number of hydrogen-bond donors (Lipinski definition) is 1. The Morgan fingerprint density at radius 2 is 2.04 bits per heavy atom. The van der Waals surface area contributed by atoms with Crippen LogP contribution in [0.2, 0.25) is 0 Å². The van der Waals surface area contributed by atoms with E-state index in [-0.39, 0.29) is 11.3 Å². The van der Waals surface area contributed by atoms with Gasteiger partial charge in [-0.05, 0) is 44.9 Å². The Bertz CT molecular complexity index is 1440. The zero-order chi connectivity index (χ0) is 17.8. The predicted molar refractivity (Wildman–Crippen MR) is 107 cm³/mol. The van der Waals surface area contributed by atoms with E-state index in [1.807, 2.05) is 36.4 Å². The summed E-state index contributed by atoms with van der Waals surface area (Å²) in [4.78, 5) is 22.3. The van der Waals surface area contributed by atoms with E-state index in [4.69, 9.17) is 0 Å². The number of nitrogens with zero attached hydrogens (tertiary/aromatic N) is 3. The van der Waals surface area contributed by atoms with Crippen molar-refractivity contribution in [1.82, 2.24) is 14.4 Å². The Hall–Kier alpha value is -2.77. The third kappa shape index (κ3) is 2.24. The number of rotatable bonds is 1. The second-order valence-corrected chi connectivity index (χ2v) is 7.79. The largest absolute Gasteiger partial charge is 0.507 e. The summed E-state index contributed by atoms with van der Waals surface area (Å²) in [5, 5.41) is 12.2. The number of aromatic hydroxyl groups is 1. The molecule has 0 saturated carbocycles. The van der Waals surface area contributed by atoms with Crippen LogP contribution >= 0.6 is 27.3 Å². The minimum atomic E-state index is -0.186. The van der Waals surface area contributed by atoms with Crippen LogP contribution in [0.5, 0.6) is 5.75 Å². The molecule has 5 rings (SSSR count). The molecule has 1 N–H and O–H groups in total. The maximum absolute atomic E-state index is 12.9. The third-order valence-electron chi connectivity index (χ3n) is 4.27. The maximum Gasteiger partial charge on any atom is 0.276 e. The highest BCUT2D eigenvalue weighted by atomic mass is 79.9. The number of halogens is 1. The van der Waals surface area contributed by atoms with Crippen molar-refractivity contribution in [3.05, 3.63) is 73.6 Å². The SMILES string of the molecule is O=c1/c(=C/c2c(O)ccc3ccccc23)sc2nc3cc(Br)cnc3n12. The van der Waals surface area contributed by atoms with Gasteiger partial charge in [-0.3, -0.25) is 4.79 Å². The van der Waals surface area contributed by atoms with Crippen LogP contribution in [0.25, 0.3) is 33.0 Å². The molecule has 0 amide bonds. The van der Waals surface area contributed by atoms with Gasteiger partial charge in [-0.2, -0.15) is 0 Å². The monoisotopic (exact) mass is 423 g/mol. The van der Waals surface area contributed by atoms with Gasteiger partial charge < -0.3 is 5.11 Å². The molecule has 0 unspecified atom stereocenters. The van der Waals surface area contributed by atoms with Crippen molar-refractivity contribution in [1.29, 1.82) is 0 Å². The van der Waals surface area contributed by atoms with Gasteiger partial charge in [0.15, 0.2) is 10.6 Å². The molecule has 126 valence electrons. The summed E-state index contributed by atoms with van der Waals surface area (Å²) in [5.74, 6) is 0.140. The molecule has 2 aromatic carbocycles. The number of phenols is 1. The molecule has 0 aliphatic heterocycles. The molecule has 0 spiro atoms. The third-order valence-corrected chi connectivity index (χ3v) is 5.67. The first-order valence-corrected chi connectivity index (χ1v) is 9.42. The Kier molecular flexibility index (Phi) is 3.35. The lowest BCUT2D eigenvalue weighted by Crippen LogP contribution is -2.23. The number of hydrogen-bond acceptors (Lipinski definition) is 5. The zero-order valence-corrected chi connectivity index (χ0v) is 15.6. The minimum Gasteiger partial charge on any atom is -0.507 e. The molecule has 0 saturated heterocycles. The first-order valence-electron chi connectivity index (χ1n) is 7.81. The Balaban J connectivity index is 1.84. The van der Waals surface area contributed by atoms with E-state index in [9.17, 15) is 9.90 Å². The van der Waals surface area contributed by atoms with Crippen molar-refractivity contribution in [3.8, 4) is 5.75 Å². The number of benzene rings is 2. The number of thiazole rings is 1. The first kappa shape index (κ1) is 15.5. The van der Waals surface area contributed by atoms with Crippen LogP contribution in [0.3, 0.4) is 0 Å². The lowest BCUT2D eigenvalue weighted by molar-refractivity contribution is 0.475. The fraction of sp³-hybridized carbons (Fsp3) is 0. The van der Waals surface area contributed by atoms with E-state index in [1.165, 1.54) is 15.7 Å². The van der Waals surface area contributed by atoms with Gasteiger partial charge in [-0.1, -0.05) is 41.7 Å². The quantitative estimate of drug-likeness (QED) is 0.448. The van der Waals surface area contributed by atoms with Gasteiger partial charge in [0.25, 0.3) is 5.56 Å². The summed E-state index contributed by atoms with van der Waals surface area (Å²) in [7, 11) is 0. The van der Waals surface area contributed by atoms with E-state index in [1.54, 1.807) is 18.3 Å². The van der Waals surface area contributed by atoms with Crippen LogP contribution in [0, 0.1) is 0 Å². The number of imidazole rings is 1. The standard InChI is InChI=1S/C19H10BrN3O2S/c20-11-7-14-17(21-9-11)23-18(25)16(26-19(23)22-14)8-13-12-4-2-1-3-10(12)5-6-15(13)24/h1-9,24H/b16-8-. The molecule has 3 aromatic heterocycles. The fourth-order valence-corrected chi connectivity index (χ4v) is 4.36. The highest BCUT2D eigenvalue weighted by molar-refractivity contribution is 9.10. The van der Waals surface area contributed by atoms with Gasteiger partial charge >= 0.3 is 0 Å². The smallest absolute Gasteiger partial charge is 0.276 e. The van der Waals surface area contributed by atoms with Crippen molar-refractivity contribution in [3.63, 3.8) is 0 Å². The second-order valence-electron chi connectivity index (χ2n) is 5.86. The van der Waals surface area contributed by atoms with Gasteiger partial charge in [-0.25, -0.2) is 14.4 Å². The van der Waals surface area contributed by atoms with Crippen LogP contribution in [-0.4, -0.2) is 19.5 Å². The molecule has 7 heteroatoms. The van der Waals surface area contributed by atoms with Gasteiger partial charge in [0.05, 0.1) is 4.53 Å². The highest BCUT2D eigenvalue weighted by Gasteiger charge is 2.13. The summed E-state index contributed by atoms with van der Waals surface area (Å²) >= 11 is 4.65. The lowest BCUT2D eigenvalue weighted by atomic mass is 10.0. The molecular formula is C19H10BrN3O2S. The van der Waals surface area contributed by atoms with Crippen molar-refractivity contribution >= 4 is 60.2 Å². The van der Waals surface area contributed by atoms with E-state index >= 15 is 0 Å². The van der Waals surface area contributed by atoms with E-state index in [0.29, 0.717) is 26.2 Å². The molecule has 0 bridgehead atoms. The van der Waals surface area contributed by atoms with Crippen molar-refractivity contribution in [2.24, 2.45) is 0 Å². The number of phenolic OH excluding ortho intramolecular Hbond substituents is 1. The molecule has 26 heavy (non-hydrogen) atoms. The summed E-state index contributed by atoms with van der Waals surface area (Å²) < 4.78 is 2.84. The van der Waals surface area contributed by atoms with Crippen molar-refractivity contribution in [2.45, 2.75) is 0 Å². The molecule has 0 radical (unpaired) electrons. The minimum absolute atomic E-state index is 0.140. The van der Waals surface area contributed by atoms with E-state index in [0.717, 1.165) is 15.2 Å². The topological polar surface area (TPSA) is 67.5 Å². The van der Waals surface area contributed by atoms with Crippen LogP contribution in [-0.2, 0) is 0 Å². The number of fused-ring (bicyclic) bond motifs is 4. The van der Waals surface area contributed by atoms with Gasteiger partial charge in [0.2, 0.25) is 0 Å². The fourth-order valence-electron chi connectivity index (χ4n) is 3.08. The molecule has 3 heterocycles. The average molecular weight is 424 g/mol. The van der Waals surface area contributed by atoms with Gasteiger partial charge in [0, 0.05) is 16.2 Å². The number of pyridine rings is 1. The average Bonchev–Trinajstić information content (AvgIpc) is 3.13. The molecule has 5 aromatic rings. The highest BCUT2D eigenvalue weighted by Crippen LogP contribution is 2.27. The van der Waals surface area contributed by atoms with Gasteiger partial charge in [-0.15, -0.1) is 0 Å². The summed E-state index contributed by atoms with van der Waals surface area (Å²) in [6, 6.07) is 13.1. The van der Waals surface area contributed by atoms with Gasteiger partial charge in [0.1, 0.15) is 11.3 Å². The van der Waals surface area contributed by atoms with Crippen molar-refractivity contribution < 1.29 is 5.11 Å². The molecule has 0 aliphatic rings. The summed E-state index contributed by atoms with van der Waals surface area (Å²) in [6.45, 7) is 0. The molecule has 5 nitrogen and oxygen atoms in total. The molecular weight excluding hydrogens is 414 g/mol. The Morgan fingerprint density at radius 1 is 1.19 bits per heavy atom. The van der Waals surface area contributed by atoms with Crippen LogP contribution < -0.4 is 10.1 Å². The Labute approximate surface area is 159 Å². The normalized spacial score (nSPS) is 12.6. The predicted octanol–water partition coefficient (Wildman–Crippen LogP) is 3.47. The maximum atomic E-state index is 12.9. The van der Waals surface area contributed by atoms with Crippen LogP contribution in [0.1, 0.15) is 5.56 Å². The summed E-state index contributed by atoms with van der Waals surface area (Å²) in [6.07, 6.45) is 3.37. The summed E-state index contributed by atoms with van der Waals surface area (Å²) in [5.41, 5.74) is 1.65. The van der Waals surface area contributed by atoms with Crippen molar-refractivity contribution in [2.75, 3.05) is 0 Å². The van der Waals surface area contributed by atoms with Crippen LogP contribution in [0.15, 0.2) is 57.9 Å². The number of aromatic nitrogens is 3. The Morgan fingerprint density at radius 3 is 2.92 bits per heavy atom.